The molecule has 1 aliphatic rings. The number of ether oxygens (including phenoxy) is 2. The first-order valence-corrected chi connectivity index (χ1v) is 11.4. The molecular formula is C31H26O3. The molecule has 0 saturated carbocycles. The van der Waals surface area contributed by atoms with E-state index in [-0.39, 0.29) is 18.0 Å². The number of benzene rings is 4. The maximum atomic E-state index is 10.8. The summed E-state index contributed by atoms with van der Waals surface area (Å²) in [6.45, 7) is 0. The molecule has 4 aromatic carbocycles. The maximum absolute atomic E-state index is 10.8. The van der Waals surface area contributed by atoms with E-state index in [9.17, 15) is 5.11 Å². The Hall–Kier alpha value is -4.08. The molecule has 5 rings (SSSR count). The van der Waals surface area contributed by atoms with E-state index in [1.165, 1.54) is 0 Å². The van der Waals surface area contributed by atoms with E-state index < -0.39 is 6.10 Å². The lowest BCUT2D eigenvalue weighted by molar-refractivity contribution is -0.0126. The first-order valence-electron chi connectivity index (χ1n) is 11.4. The van der Waals surface area contributed by atoms with Crippen molar-refractivity contribution in [3.63, 3.8) is 0 Å². The van der Waals surface area contributed by atoms with Crippen LogP contribution in [0.25, 0.3) is 0 Å². The van der Waals surface area contributed by atoms with Gasteiger partial charge >= 0.3 is 0 Å². The zero-order chi connectivity index (χ0) is 23.2. The van der Waals surface area contributed by atoms with E-state index >= 15 is 0 Å². The molecule has 0 fully saturated rings. The van der Waals surface area contributed by atoms with Crippen molar-refractivity contribution in [1.82, 2.24) is 0 Å². The van der Waals surface area contributed by atoms with Gasteiger partial charge < -0.3 is 14.6 Å². The molecule has 0 unspecified atom stereocenters. The summed E-state index contributed by atoms with van der Waals surface area (Å²) in [7, 11) is 0. The predicted octanol–water partition coefficient (Wildman–Crippen LogP) is 7.31. The lowest BCUT2D eigenvalue weighted by Gasteiger charge is -2.28. The fourth-order valence-corrected chi connectivity index (χ4v) is 4.19. The monoisotopic (exact) mass is 446 g/mol. The highest BCUT2D eigenvalue weighted by atomic mass is 16.6. The Morgan fingerprint density at radius 3 is 1.29 bits per heavy atom. The molecule has 34 heavy (non-hydrogen) atoms. The van der Waals surface area contributed by atoms with Gasteiger partial charge in [0.25, 0.3) is 0 Å². The van der Waals surface area contributed by atoms with Crippen molar-refractivity contribution in [3.8, 4) is 0 Å². The van der Waals surface area contributed by atoms with Crippen LogP contribution in [0.3, 0.4) is 0 Å². The maximum Gasteiger partial charge on any atom is 0.172 e. The molecule has 0 aliphatic heterocycles. The number of hydrogen-bond donors (Lipinski definition) is 1. The third-order valence-electron chi connectivity index (χ3n) is 5.88. The Kier molecular flexibility index (Phi) is 6.55. The molecule has 1 aliphatic carbocycles. The van der Waals surface area contributed by atoms with Crippen LogP contribution in [0, 0.1) is 0 Å². The molecule has 0 radical (unpaired) electrons. The molecule has 0 heterocycles. The SMILES string of the molecule is OC1=CC=C(OC(c2ccccc2)c2ccccc2)[C@H]1OC(c1ccccc1)c1ccccc1. The predicted molar refractivity (Wildman–Crippen MR) is 134 cm³/mol. The molecule has 3 heteroatoms. The van der Waals surface area contributed by atoms with Gasteiger partial charge in [-0.25, -0.2) is 0 Å². The van der Waals surface area contributed by atoms with Crippen LogP contribution >= 0.6 is 0 Å². The summed E-state index contributed by atoms with van der Waals surface area (Å²) in [5.74, 6) is 0.707. The summed E-state index contributed by atoms with van der Waals surface area (Å²) in [6, 6.07) is 40.3. The van der Waals surface area contributed by atoms with Gasteiger partial charge in [0.15, 0.2) is 6.10 Å². The minimum Gasteiger partial charge on any atom is -0.509 e. The van der Waals surface area contributed by atoms with E-state index in [1.54, 1.807) is 12.2 Å². The molecule has 168 valence electrons. The highest BCUT2D eigenvalue weighted by Crippen LogP contribution is 2.37. The van der Waals surface area contributed by atoms with Crippen molar-refractivity contribution in [1.29, 1.82) is 0 Å². The second-order valence-electron chi connectivity index (χ2n) is 8.20. The van der Waals surface area contributed by atoms with Gasteiger partial charge in [0.2, 0.25) is 0 Å². The summed E-state index contributed by atoms with van der Waals surface area (Å²) in [5, 5.41) is 10.8. The van der Waals surface area contributed by atoms with E-state index in [2.05, 4.69) is 0 Å². The quantitative estimate of drug-likeness (QED) is 0.308. The van der Waals surface area contributed by atoms with Gasteiger partial charge in [-0.2, -0.15) is 0 Å². The van der Waals surface area contributed by atoms with Gasteiger partial charge in [-0.1, -0.05) is 121 Å². The average molecular weight is 447 g/mol. The van der Waals surface area contributed by atoms with Gasteiger partial charge in [0.05, 0.1) is 0 Å². The number of aliphatic hydroxyl groups excluding tert-OH is 1. The number of aliphatic hydroxyl groups is 1. The minimum absolute atomic E-state index is 0.131. The summed E-state index contributed by atoms with van der Waals surface area (Å²) < 4.78 is 13.1. The number of hydrogen-bond acceptors (Lipinski definition) is 3. The lowest BCUT2D eigenvalue weighted by Crippen LogP contribution is -2.23. The standard InChI is InChI=1S/C31H26O3/c32-27-21-22-28(33-29(23-13-5-1-6-14-23)24-15-7-2-8-16-24)31(27)34-30(25-17-9-3-10-18-25)26-19-11-4-12-20-26/h1-22,29-32H/t31-/m0/s1. The Balaban J connectivity index is 1.45. The Morgan fingerprint density at radius 1 is 0.500 bits per heavy atom. The lowest BCUT2D eigenvalue weighted by atomic mass is 10.0. The molecule has 1 N–H and O–H groups in total. The van der Waals surface area contributed by atoms with E-state index in [0.29, 0.717) is 5.76 Å². The van der Waals surface area contributed by atoms with Gasteiger partial charge in [-0.05, 0) is 34.4 Å². The molecule has 0 saturated heterocycles. The molecule has 0 spiro atoms. The summed E-state index contributed by atoms with van der Waals surface area (Å²) in [5.41, 5.74) is 4.08. The van der Waals surface area contributed by atoms with Crippen LogP contribution < -0.4 is 0 Å². The van der Waals surface area contributed by atoms with Gasteiger partial charge in [-0.3, -0.25) is 0 Å². The molecule has 1 atom stereocenters. The third-order valence-corrected chi connectivity index (χ3v) is 5.88. The first kappa shape index (κ1) is 21.7. The molecule has 4 aromatic rings. The van der Waals surface area contributed by atoms with Gasteiger partial charge in [-0.15, -0.1) is 0 Å². The third kappa shape index (κ3) is 4.80. The molecule has 0 aromatic heterocycles. The second-order valence-corrected chi connectivity index (χ2v) is 8.20. The molecule has 0 amide bonds. The Bertz CT molecular complexity index is 1170. The van der Waals surface area contributed by atoms with Gasteiger partial charge in [0.1, 0.15) is 23.7 Å². The van der Waals surface area contributed by atoms with Gasteiger partial charge in [0, 0.05) is 0 Å². The van der Waals surface area contributed by atoms with Crippen LogP contribution in [0.2, 0.25) is 0 Å². The molecular weight excluding hydrogens is 420 g/mol. The largest absolute Gasteiger partial charge is 0.509 e. The highest BCUT2D eigenvalue weighted by molar-refractivity contribution is 5.36. The zero-order valence-corrected chi connectivity index (χ0v) is 18.7. The molecule has 3 nitrogen and oxygen atoms in total. The number of rotatable bonds is 8. The first-order chi connectivity index (χ1) is 16.8. The number of allylic oxidation sites excluding steroid dienone is 2. The van der Waals surface area contributed by atoms with Crippen LogP contribution in [0.1, 0.15) is 34.5 Å². The van der Waals surface area contributed by atoms with Crippen LogP contribution in [0.15, 0.2) is 145 Å². The van der Waals surface area contributed by atoms with Crippen molar-refractivity contribution >= 4 is 0 Å². The van der Waals surface area contributed by atoms with Crippen molar-refractivity contribution in [3.05, 3.63) is 167 Å². The van der Waals surface area contributed by atoms with Crippen LogP contribution in [-0.4, -0.2) is 11.2 Å². The topological polar surface area (TPSA) is 38.7 Å². The van der Waals surface area contributed by atoms with E-state index in [0.717, 1.165) is 22.3 Å². The van der Waals surface area contributed by atoms with Crippen LogP contribution in [0.4, 0.5) is 0 Å². The highest BCUT2D eigenvalue weighted by Gasteiger charge is 2.32. The van der Waals surface area contributed by atoms with Crippen molar-refractivity contribution in [2.75, 3.05) is 0 Å². The van der Waals surface area contributed by atoms with Crippen molar-refractivity contribution in [2.45, 2.75) is 18.3 Å². The zero-order valence-electron chi connectivity index (χ0n) is 18.7. The summed E-state index contributed by atoms with van der Waals surface area (Å²) >= 11 is 0. The Morgan fingerprint density at radius 2 is 0.882 bits per heavy atom. The van der Waals surface area contributed by atoms with E-state index in [1.807, 2.05) is 121 Å². The van der Waals surface area contributed by atoms with Crippen LogP contribution in [0.5, 0.6) is 0 Å². The van der Waals surface area contributed by atoms with Crippen LogP contribution in [-0.2, 0) is 9.47 Å². The normalized spacial score (nSPS) is 15.3. The minimum atomic E-state index is -0.708. The average Bonchev–Trinajstić information content (AvgIpc) is 3.26. The fourth-order valence-electron chi connectivity index (χ4n) is 4.19. The van der Waals surface area contributed by atoms with Crippen molar-refractivity contribution < 1.29 is 14.6 Å². The summed E-state index contributed by atoms with van der Waals surface area (Å²) in [4.78, 5) is 0. The fraction of sp³-hybridized carbons (Fsp3) is 0.0968. The molecule has 0 bridgehead atoms. The smallest absolute Gasteiger partial charge is 0.172 e. The van der Waals surface area contributed by atoms with Crippen molar-refractivity contribution in [2.24, 2.45) is 0 Å². The Labute approximate surface area is 200 Å². The summed E-state index contributed by atoms with van der Waals surface area (Å²) in [6.07, 6.45) is 2.05. The second kappa shape index (κ2) is 10.2. The van der Waals surface area contributed by atoms with E-state index in [4.69, 9.17) is 9.47 Å².